The van der Waals surface area contributed by atoms with Crippen molar-refractivity contribution in [2.75, 3.05) is 6.54 Å². The Bertz CT molecular complexity index is 457. The summed E-state index contributed by atoms with van der Waals surface area (Å²) in [5, 5.41) is 2.69. The molecule has 1 amide bonds. The summed E-state index contributed by atoms with van der Waals surface area (Å²) in [6.45, 7) is 0.549. The third-order valence-electron chi connectivity index (χ3n) is 2.08. The summed E-state index contributed by atoms with van der Waals surface area (Å²) in [6.07, 6.45) is 2.14. The maximum atomic E-state index is 11.4. The Morgan fingerprint density at radius 3 is 2.88 bits per heavy atom. The van der Waals surface area contributed by atoms with Crippen molar-refractivity contribution in [1.82, 2.24) is 10.3 Å². The highest BCUT2D eigenvalue weighted by Gasteiger charge is 2.03. The highest BCUT2D eigenvalue weighted by Crippen LogP contribution is 2.08. The quantitative estimate of drug-likeness (QED) is 0.904. The Hall–Kier alpha value is -1.88. The first kappa shape index (κ1) is 11.6. The van der Waals surface area contributed by atoms with E-state index in [1.165, 1.54) is 0 Å². The third-order valence-corrected chi connectivity index (χ3v) is 2.92. The molecule has 5 heteroatoms. The number of para-hydroxylation sites is 1. The van der Waals surface area contributed by atoms with Gasteiger partial charge in [0.1, 0.15) is 5.75 Å². The van der Waals surface area contributed by atoms with Crippen LogP contribution in [0, 0.1) is 0 Å². The first-order valence-electron chi connectivity index (χ1n) is 5.23. The van der Waals surface area contributed by atoms with Crippen LogP contribution in [-0.4, -0.2) is 17.6 Å². The van der Waals surface area contributed by atoms with Crippen molar-refractivity contribution in [1.29, 1.82) is 0 Å². The van der Waals surface area contributed by atoms with Crippen molar-refractivity contribution in [2.24, 2.45) is 0 Å². The number of amides is 1. The number of aromatic nitrogens is 1. The molecule has 88 valence electrons. The molecule has 1 heterocycles. The molecule has 0 aliphatic rings. The van der Waals surface area contributed by atoms with Crippen LogP contribution in [0.2, 0.25) is 0 Å². The standard InChI is InChI=1S/C12H12N2O2S/c15-12(16-10-4-2-1-3-5-10)14-7-6-11-8-13-9-17-11/h1-5,8-9H,6-7H2,(H,14,15). The van der Waals surface area contributed by atoms with Crippen LogP contribution in [0.4, 0.5) is 4.79 Å². The summed E-state index contributed by atoms with van der Waals surface area (Å²) in [4.78, 5) is 16.5. The normalized spacial score (nSPS) is 9.88. The highest BCUT2D eigenvalue weighted by atomic mass is 32.1. The van der Waals surface area contributed by atoms with Crippen LogP contribution in [0.1, 0.15) is 4.88 Å². The Morgan fingerprint density at radius 1 is 1.35 bits per heavy atom. The van der Waals surface area contributed by atoms with Crippen molar-refractivity contribution in [2.45, 2.75) is 6.42 Å². The molecule has 0 fully saturated rings. The van der Waals surface area contributed by atoms with Crippen LogP contribution in [0.15, 0.2) is 42.0 Å². The van der Waals surface area contributed by atoms with E-state index in [-0.39, 0.29) is 0 Å². The lowest BCUT2D eigenvalue weighted by Gasteiger charge is -2.05. The zero-order valence-corrected chi connectivity index (χ0v) is 9.94. The summed E-state index contributed by atoms with van der Waals surface area (Å²) in [7, 11) is 0. The minimum atomic E-state index is -0.430. The molecule has 0 bridgehead atoms. The van der Waals surface area contributed by atoms with E-state index in [9.17, 15) is 4.79 Å². The molecule has 0 spiro atoms. The molecular formula is C12H12N2O2S. The van der Waals surface area contributed by atoms with Crippen molar-refractivity contribution in [3.05, 3.63) is 46.9 Å². The summed E-state index contributed by atoms with van der Waals surface area (Å²) in [5.74, 6) is 0.544. The topological polar surface area (TPSA) is 51.2 Å². The minimum Gasteiger partial charge on any atom is -0.410 e. The zero-order chi connectivity index (χ0) is 11.9. The van der Waals surface area contributed by atoms with E-state index in [1.54, 1.807) is 35.2 Å². The van der Waals surface area contributed by atoms with E-state index in [0.717, 1.165) is 11.3 Å². The van der Waals surface area contributed by atoms with Crippen LogP contribution in [-0.2, 0) is 6.42 Å². The van der Waals surface area contributed by atoms with Gasteiger partial charge in [0.25, 0.3) is 0 Å². The smallest absolute Gasteiger partial charge is 0.410 e. The largest absolute Gasteiger partial charge is 0.412 e. The first-order valence-corrected chi connectivity index (χ1v) is 6.10. The molecule has 1 aromatic heterocycles. The van der Waals surface area contributed by atoms with Crippen LogP contribution in [0.3, 0.4) is 0 Å². The average molecular weight is 248 g/mol. The second kappa shape index (κ2) is 6.00. The SMILES string of the molecule is O=C(NCCc1cncs1)Oc1ccccc1. The molecular weight excluding hydrogens is 236 g/mol. The van der Waals surface area contributed by atoms with E-state index in [4.69, 9.17) is 4.74 Å². The number of carbonyl (C=O) groups is 1. The Balaban J connectivity index is 1.71. The number of nitrogens with one attached hydrogen (secondary N) is 1. The number of ether oxygens (including phenoxy) is 1. The fourth-order valence-electron chi connectivity index (χ4n) is 1.29. The van der Waals surface area contributed by atoms with Gasteiger partial charge in [-0.2, -0.15) is 0 Å². The lowest BCUT2D eigenvalue weighted by Crippen LogP contribution is -2.28. The lowest BCUT2D eigenvalue weighted by atomic mass is 10.3. The van der Waals surface area contributed by atoms with Gasteiger partial charge < -0.3 is 10.1 Å². The predicted octanol–water partition coefficient (Wildman–Crippen LogP) is 2.47. The number of thiazole rings is 1. The van der Waals surface area contributed by atoms with E-state index < -0.39 is 6.09 Å². The monoisotopic (exact) mass is 248 g/mol. The van der Waals surface area contributed by atoms with Gasteiger partial charge in [0.2, 0.25) is 0 Å². The minimum absolute atomic E-state index is 0.430. The van der Waals surface area contributed by atoms with Crippen molar-refractivity contribution in [3.63, 3.8) is 0 Å². The zero-order valence-electron chi connectivity index (χ0n) is 9.13. The Kier molecular flexibility index (Phi) is 4.10. The molecule has 0 unspecified atom stereocenters. The van der Waals surface area contributed by atoms with Gasteiger partial charge in [0.05, 0.1) is 5.51 Å². The lowest BCUT2D eigenvalue weighted by molar-refractivity contribution is 0.200. The second-order valence-electron chi connectivity index (χ2n) is 3.35. The van der Waals surface area contributed by atoms with E-state index in [2.05, 4.69) is 10.3 Å². The Labute approximate surface area is 103 Å². The first-order chi connectivity index (χ1) is 8.34. The van der Waals surface area contributed by atoms with Gasteiger partial charge in [-0.1, -0.05) is 18.2 Å². The highest BCUT2D eigenvalue weighted by molar-refractivity contribution is 7.09. The van der Waals surface area contributed by atoms with Crippen LogP contribution in [0.25, 0.3) is 0 Å². The fourth-order valence-corrected chi connectivity index (χ4v) is 1.88. The summed E-state index contributed by atoms with van der Waals surface area (Å²) < 4.78 is 5.07. The average Bonchev–Trinajstić information content (AvgIpc) is 2.83. The number of hydrogen-bond acceptors (Lipinski definition) is 4. The summed E-state index contributed by atoms with van der Waals surface area (Å²) >= 11 is 1.58. The van der Waals surface area contributed by atoms with Crippen molar-refractivity contribution < 1.29 is 9.53 Å². The summed E-state index contributed by atoms with van der Waals surface area (Å²) in [5.41, 5.74) is 1.78. The molecule has 2 rings (SSSR count). The summed E-state index contributed by atoms with van der Waals surface area (Å²) in [6, 6.07) is 8.99. The number of benzene rings is 1. The van der Waals surface area contributed by atoms with Gasteiger partial charge >= 0.3 is 6.09 Å². The maximum absolute atomic E-state index is 11.4. The van der Waals surface area contributed by atoms with Crippen LogP contribution < -0.4 is 10.1 Å². The number of rotatable bonds is 4. The second-order valence-corrected chi connectivity index (χ2v) is 4.32. The van der Waals surface area contributed by atoms with Gasteiger partial charge in [-0.05, 0) is 12.1 Å². The van der Waals surface area contributed by atoms with Crippen LogP contribution >= 0.6 is 11.3 Å². The van der Waals surface area contributed by atoms with E-state index in [0.29, 0.717) is 12.3 Å². The molecule has 1 aromatic carbocycles. The molecule has 0 saturated carbocycles. The molecule has 0 radical (unpaired) electrons. The molecule has 0 aliphatic heterocycles. The molecule has 17 heavy (non-hydrogen) atoms. The molecule has 0 aliphatic carbocycles. The van der Waals surface area contributed by atoms with E-state index in [1.807, 2.05) is 18.2 Å². The molecule has 4 nitrogen and oxygen atoms in total. The maximum Gasteiger partial charge on any atom is 0.412 e. The number of nitrogens with zero attached hydrogens (tertiary/aromatic N) is 1. The van der Waals surface area contributed by atoms with Crippen molar-refractivity contribution in [3.8, 4) is 5.75 Å². The number of carbonyl (C=O) groups excluding carboxylic acids is 1. The van der Waals surface area contributed by atoms with Crippen LogP contribution in [0.5, 0.6) is 5.75 Å². The molecule has 0 saturated heterocycles. The van der Waals surface area contributed by atoms with Gasteiger partial charge in [0.15, 0.2) is 0 Å². The molecule has 0 atom stereocenters. The van der Waals surface area contributed by atoms with Crippen molar-refractivity contribution >= 4 is 17.4 Å². The predicted molar refractivity (Wildman–Crippen MR) is 66.3 cm³/mol. The Morgan fingerprint density at radius 2 is 2.18 bits per heavy atom. The molecule has 2 aromatic rings. The third kappa shape index (κ3) is 3.88. The van der Waals surface area contributed by atoms with Gasteiger partial charge in [-0.15, -0.1) is 11.3 Å². The molecule has 1 N–H and O–H groups in total. The van der Waals surface area contributed by atoms with Gasteiger partial charge in [-0.25, -0.2) is 4.79 Å². The van der Waals surface area contributed by atoms with E-state index >= 15 is 0 Å². The number of hydrogen-bond donors (Lipinski definition) is 1. The fraction of sp³-hybridized carbons (Fsp3) is 0.167. The van der Waals surface area contributed by atoms with Gasteiger partial charge in [-0.3, -0.25) is 4.98 Å². The van der Waals surface area contributed by atoms with Gasteiger partial charge in [0, 0.05) is 24.0 Å².